The van der Waals surface area contributed by atoms with Gasteiger partial charge in [0.25, 0.3) is 0 Å². The highest BCUT2D eigenvalue weighted by molar-refractivity contribution is 7.99. The van der Waals surface area contributed by atoms with Crippen LogP contribution in [0.15, 0.2) is 58.6 Å². The molecule has 1 aromatic heterocycles. The average molecular weight is 536 g/mol. The largest absolute Gasteiger partial charge is 0.495 e. The Kier molecular flexibility index (Phi) is 8.32. The lowest BCUT2D eigenvalue weighted by atomic mass is 9.97. The molecule has 0 saturated carbocycles. The Hall–Kier alpha value is -2.60. The summed E-state index contributed by atoms with van der Waals surface area (Å²) in [6.07, 6.45) is 0.894. The number of benzene rings is 2. The number of carbonyl (C=O) groups is 1. The number of piperidine rings is 1. The summed E-state index contributed by atoms with van der Waals surface area (Å²) in [6, 6.07) is 14.2. The first kappa shape index (κ1) is 25.5. The van der Waals surface area contributed by atoms with Gasteiger partial charge in [-0.05, 0) is 31.0 Å². The van der Waals surface area contributed by atoms with Crippen molar-refractivity contribution in [1.29, 1.82) is 0 Å². The summed E-state index contributed by atoms with van der Waals surface area (Å²) in [5, 5.41) is 11.0. The molecule has 4 rings (SSSR count). The number of hydrogen-bond acceptors (Lipinski definition) is 7. The maximum absolute atomic E-state index is 13.1. The van der Waals surface area contributed by atoms with Gasteiger partial charge in [-0.1, -0.05) is 53.7 Å². The Morgan fingerprint density at radius 1 is 1.23 bits per heavy atom. The molecule has 1 saturated heterocycles. The Balaban J connectivity index is 1.23. The highest BCUT2D eigenvalue weighted by Gasteiger charge is 2.33. The van der Waals surface area contributed by atoms with E-state index in [1.54, 1.807) is 6.07 Å². The number of methoxy groups -OCH3 is 1. The van der Waals surface area contributed by atoms with Crippen LogP contribution in [0, 0.1) is 5.92 Å². The van der Waals surface area contributed by atoms with Gasteiger partial charge in [0.05, 0.1) is 7.11 Å². The van der Waals surface area contributed by atoms with Gasteiger partial charge in [0.1, 0.15) is 10.6 Å². The third-order valence-corrected chi connectivity index (χ3v) is 8.72. The number of carbonyl (C=O) groups excluding carboxylic acids is 1. The van der Waals surface area contributed by atoms with Gasteiger partial charge in [-0.3, -0.25) is 9.89 Å². The highest BCUT2D eigenvalue weighted by atomic mass is 35.5. The smallest absolute Gasteiger partial charge is 0.246 e. The van der Waals surface area contributed by atoms with Crippen molar-refractivity contribution in [3.63, 3.8) is 0 Å². The number of ether oxygens (including phenoxy) is 1. The van der Waals surface area contributed by atoms with Crippen LogP contribution in [-0.2, 0) is 14.8 Å². The Morgan fingerprint density at radius 3 is 2.69 bits per heavy atom. The molecule has 0 atom stereocenters. The van der Waals surface area contributed by atoms with Crippen molar-refractivity contribution in [2.24, 2.45) is 5.92 Å². The van der Waals surface area contributed by atoms with E-state index in [0.29, 0.717) is 41.1 Å². The van der Waals surface area contributed by atoms with Crippen molar-refractivity contribution >= 4 is 39.3 Å². The van der Waals surface area contributed by atoms with Crippen LogP contribution in [-0.4, -0.2) is 66.3 Å². The van der Waals surface area contributed by atoms with E-state index >= 15 is 0 Å². The minimum absolute atomic E-state index is 0.0369. The Bertz CT molecular complexity index is 1260. The molecule has 0 aliphatic carbocycles. The van der Waals surface area contributed by atoms with Gasteiger partial charge in [0, 0.05) is 41.9 Å². The molecule has 2 aromatic carbocycles. The number of thioether (sulfide) groups is 1. The Labute approximate surface area is 213 Å². The average Bonchev–Trinajstić information content (AvgIpc) is 3.36. The normalized spacial score (nSPS) is 15.1. The SMILES string of the molecule is COc1ccc(Cl)cc1S(=O)(=O)N1CCC(C(=O)NCCSc2n[nH]c(-c3ccccc3)n2)CC1. The molecule has 9 nitrogen and oxygen atoms in total. The zero-order valence-corrected chi connectivity index (χ0v) is 21.5. The fourth-order valence-corrected chi connectivity index (χ4v) is 6.39. The summed E-state index contributed by atoms with van der Waals surface area (Å²) in [6.45, 7) is 0.978. The van der Waals surface area contributed by atoms with Gasteiger partial charge < -0.3 is 10.1 Å². The van der Waals surface area contributed by atoms with Crippen molar-refractivity contribution in [3.05, 3.63) is 53.6 Å². The van der Waals surface area contributed by atoms with E-state index < -0.39 is 10.0 Å². The van der Waals surface area contributed by atoms with Crippen LogP contribution in [0.25, 0.3) is 11.4 Å². The number of sulfonamides is 1. The number of aromatic nitrogens is 3. The van der Waals surface area contributed by atoms with Crippen LogP contribution in [0.2, 0.25) is 5.02 Å². The second kappa shape index (κ2) is 11.4. The van der Waals surface area contributed by atoms with E-state index in [9.17, 15) is 13.2 Å². The van der Waals surface area contributed by atoms with E-state index in [-0.39, 0.29) is 35.6 Å². The second-order valence-electron chi connectivity index (χ2n) is 7.95. The van der Waals surface area contributed by atoms with Crippen molar-refractivity contribution in [2.75, 3.05) is 32.5 Å². The molecule has 12 heteroatoms. The molecule has 0 spiro atoms. The molecule has 186 valence electrons. The quantitative estimate of drug-likeness (QED) is 0.318. The standard InChI is InChI=1S/C23H26ClN5O4S2/c1-33-19-8-7-18(24)15-20(19)35(31,32)29-12-9-17(10-13-29)22(30)25-11-14-34-23-26-21(27-28-23)16-5-3-2-4-6-16/h2-8,15,17H,9-14H2,1H3,(H,25,30)(H,26,27,28). The summed E-state index contributed by atoms with van der Waals surface area (Å²) < 4.78 is 32.8. The third kappa shape index (κ3) is 6.16. The molecule has 0 radical (unpaired) electrons. The van der Waals surface area contributed by atoms with Gasteiger partial charge in [0.2, 0.25) is 21.1 Å². The molecular formula is C23H26ClN5O4S2. The summed E-state index contributed by atoms with van der Waals surface area (Å²) in [5.74, 6) is 1.27. The van der Waals surface area contributed by atoms with Gasteiger partial charge >= 0.3 is 0 Å². The molecule has 3 aromatic rings. The minimum atomic E-state index is -3.77. The van der Waals surface area contributed by atoms with Crippen LogP contribution >= 0.6 is 23.4 Å². The number of amides is 1. The number of nitrogens with zero attached hydrogens (tertiary/aromatic N) is 3. The fourth-order valence-electron chi connectivity index (χ4n) is 3.85. The molecule has 1 amide bonds. The van der Waals surface area contributed by atoms with Gasteiger partial charge in [-0.25, -0.2) is 13.4 Å². The van der Waals surface area contributed by atoms with Crippen LogP contribution in [0.4, 0.5) is 0 Å². The van der Waals surface area contributed by atoms with E-state index in [4.69, 9.17) is 16.3 Å². The lowest BCUT2D eigenvalue weighted by molar-refractivity contribution is -0.125. The monoisotopic (exact) mass is 535 g/mol. The number of halogens is 1. The fraction of sp³-hybridized carbons (Fsp3) is 0.348. The van der Waals surface area contributed by atoms with E-state index in [1.165, 1.54) is 35.3 Å². The molecule has 0 bridgehead atoms. The molecule has 2 heterocycles. The van der Waals surface area contributed by atoms with Crippen molar-refractivity contribution in [2.45, 2.75) is 22.9 Å². The summed E-state index contributed by atoms with van der Waals surface area (Å²) in [7, 11) is -2.36. The number of hydrogen-bond donors (Lipinski definition) is 2. The van der Waals surface area contributed by atoms with Crippen LogP contribution in [0.1, 0.15) is 12.8 Å². The summed E-state index contributed by atoms with van der Waals surface area (Å²) in [5.41, 5.74) is 0.960. The van der Waals surface area contributed by atoms with Crippen molar-refractivity contribution in [3.8, 4) is 17.1 Å². The zero-order chi connectivity index (χ0) is 24.8. The highest BCUT2D eigenvalue weighted by Crippen LogP contribution is 2.32. The van der Waals surface area contributed by atoms with Gasteiger partial charge in [-0.15, -0.1) is 5.10 Å². The van der Waals surface area contributed by atoms with Gasteiger partial charge in [-0.2, -0.15) is 4.31 Å². The third-order valence-electron chi connectivity index (χ3n) is 5.71. The number of H-pyrrole nitrogens is 1. The molecular weight excluding hydrogens is 510 g/mol. The molecule has 1 aliphatic rings. The lowest BCUT2D eigenvalue weighted by Crippen LogP contribution is -2.43. The predicted molar refractivity (Wildman–Crippen MR) is 135 cm³/mol. The molecule has 1 aliphatic heterocycles. The van der Waals surface area contributed by atoms with E-state index in [2.05, 4.69) is 20.5 Å². The maximum atomic E-state index is 13.1. The molecule has 35 heavy (non-hydrogen) atoms. The van der Waals surface area contributed by atoms with Crippen LogP contribution in [0.3, 0.4) is 0 Å². The van der Waals surface area contributed by atoms with Crippen LogP contribution < -0.4 is 10.1 Å². The summed E-state index contributed by atoms with van der Waals surface area (Å²) >= 11 is 7.46. The minimum Gasteiger partial charge on any atom is -0.495 e. The van der Waals surface area contributed by atoms with Crippen molar-refractivity contribution in [1.82, 2.24) is 24.8 Å². The molecule has 0 unspecified atom stereocenters. The number of rotatable bonds is 9. The zero-order valence-electron chi connectivity index (χ0n) is 19.1. The Morgan fingerprint density at radius 2 is 1.97 bits per heavy atom. The number of aromatic amines is 1. The van der Waals surface area contributed by atoms with E-state index in [1.807, 2.05) is 30.3 Å². The number of nitrogens with one attached hydrogen (secondary N) is 2. The van der Waals surface area contributed by atoms with Crippen molar-refractivity contribution < 1.29 is 17.9 Å². The maximum Gasteiger partial charge on any atom is 0.246 e. The molecule has 1 fully saturated rings. The summed E-state index contributed by atoms with van der Waals surface area (Å²) in [4.78, 5) is 17.1. The molecule has 2 N–H and O–H groups in total. The first-order chi connectivity index (χ1) is 16.9. The lowest BCUT2D eigenvalue weighted by Gasteiger charge is -2.31. The second-order valence-corrected chi connectivity index (χ2v) is 11.4. The first-order valence-electron chi connectivity index (χ1n) is 11.1. The van der Waals surface area contributed by atoms with Gasteiger partial charge in [0.15, 0.2) is 5.82 Å². The van der Waals surface area contributed by atoms with Crippen LogP contribution in [0.5, 0.6) is 5.75 Å². The van der Waals surface area contributed by atoms with E-state index in [0.717, 1.165) is 5.56 Å². The topological polar surface area (TPSA) is 117 Å². The predicted octanol–water partition coefficient (Wildman–Crippen LogP) is 3.44. The first-order valence-corrected chi connectivity index (χ1v) is 13.9.